The summed E-state index contributed by atoms with van der Waals surface area (Å²) in [5.74, 6) is -0.316. The van der Waals surface area contributed by atoms with Gasteiger partial charge in [0, 0.05) is 13.0 Å². The highest BCUT2D eigenvalue weighted by molar-refractivity contribution is 8.14. The van der Waals surface area contributed by atoms with Crippen molar-refractivity contribution in [3.05, 3.63) is 6.33 Å². The number of rotatable bonds is 7. The molecule has 1 aromatic rings. The minimum atomic E-state index is -1.91. The van der Waals surface area contributed by atoms with E-state index in [1.807, 2.05) is 6.92 Å². The van der Waals surface area contributed by atoms with Crippen LogP contribution in [0.5, 0.6) is 0 Å². The predicted molar refractivity (Wildman–Crippen MR) is 98.3 cm³/mol. The molecule has 1 aromatic heterocycles. The van der Waals surface area contributed by atoms with Crippen LogP contribution in [0.4, 0.5) is 0 Å². The molecule has 1 saturated heterocycles. The molecular formula is C15H27N5O3SSi. The van der Waals surface area contributed by atoms with Crippen LogP contribution in [0, 0.1) is 5.92 Å². The summed E-state index contributed by atoms with van der Waals surface area (Å²) in [7, 11) is -1.91. The fraction of sp³-hybridized carbons (Fsp3) is 0.800. The van der Waals surface area contributed by atoms with E-state index >= 15 is 0 Å². The van der Waals surface area contributed by atoms with Crippen molar-refractivity contribution in [1.29, 1.82) is 0 Å². The molecule has 10 heteroatoms. The number of β-lactam (4-membered cyclic amide) rings is 1. The molecule has 0 spiro atoms. The molecule has 0 radical (unpaired) electrons. The van der Waals surface area contributed by atoms with Crippen molar-refractivity contribution in [3.8, 4) is 0 Å². The topological polar surface area (TPSA) is 99.0 Å². The Bertz CT molecular complexity index is 617. The van der Waals surface area contributed by atoms with E-state index in [9.17, 15) is 9.59 Å². The smallest absolute Gasteiger partial charge is 0.229 e. The Morgan fingerprint density at radius 2 is 2.16 bits per heavy atom. The number of nitrogens with one attached hydrogen (secondary N) is 1. The molecule has 2 rings (SSSR count). The van der Waals surface area contributed by atoms with E-state index in [0.29, 0.717) is 13.0 Å². The first kappa shape index (κ1) is 20.1. The van der Waals surface area contributed by atoms with E-state index in [1.165, 1.54) is 6.33 Å². The first-order valence-electron chi connectivity index (χ1n) is 8.37. The molecular weight excluding hydrogens is 358 g/mol. The lowest BCUT2D eigenvalue weighted by atomic mass is 10.0. The van der Waals surface area contributed by atoms with Gasteiger partial charge in [-0.3, -0.25) is 9.59 Å². The lowest BCUT2D eigenvalue weighted by Gasteiger charge is -2.41. The van der Waals surface area contributed by atoms with Crippen molar-refractivity contribution in [2.45, 2.75) is 63.7 Å². The second-order valence-electron chi connectivity index (χ2n) is 7.94. The number of hydrogen-bond acceptors (Lipinski definition) is 7. The van der Waals surface area contributed by atoms with Crippen LogP contribution in [0.3, 0.4) is 0 Å². The highest BCUT2D eigenvalue weighted by Crippen LogP contribution is 2.38. The van der Waals surface area contributed by atoms with E-state index in [0.717, 1.165) is 11.8 Å². The zero-order chi connectivity index (χ0) is 18.8. The number of hydrogen-bond donors (Lipinski definition) is 1. The molecule has 8 nitrogen and oxygen atoms in total. The third-order valence-electron chi connectivity index (χ3n) is 4.95. The minimum Gasteiger partial charge on any atom is -0.416 e. The van der Waals surface area contributed by atoms with Gasteiger partial charge in [0.25, 0.3) is 0 Å². The number of carbonyl (C=O) groups is 2. The molecule has 25 heavy (non-hydrogen) atoms. The van der Waals surface area contributed by atoms with Gasteiger partial charge in [-0.25, -0.2) is 4.68 Å². The van der Waals surface area contributed by atoms with E-state index in [4.69, 9.17) is 4.43 Å². The Morgan fingerprint density at radius 1 is 1.48 bits per heavy atom. The van der Waals surface area contributed by atoms with Gasteiger partial charge >= 0.3 is 0 Å². The summed E-state index contributed by atoms with van der Waals surface area (Å²) in [4.78, 5) is 24.1. The Balaban J connectivity index is 1.84. The fourth-order valence-corrected chi connectivity index (χ4v) is 4.26. The van der Waals surface area contributed by atoms with Gasteiger partial charge in [-0.1, -0.05) is 32.5 Å². The summed E-state index contributed by atoms with van der Waals surface area (Å²) in [6, 6.07) is -0.118. The van der Waals surface area contributed by atoms with Crippen molar-refractivity contribution in [3.63, 3.8) is 0 Å². The van der Waals surface area contributed by atoms with E-state index in [-0.39, 0.29) is 33.4 Å². The second kappa shape index (κ2) is 7.54. The summed E-state index contributed by atoms with van der Waals surface area (Å²) in [6.07, 6.45) is 1.79. The number of thioether (sulfide) groups is 1. The molecule has 0 aromatic carbocycles. The average molecular weight is 386 g/mol. The van der Waals surface area contributed by atoms with Crippen LogP contribution in [0.15, 0.2) is 6.33 Å². The molecule has 0 unspecified atom stereocenters. The Labute approximate surface area is 153 Å². The van der Waals surface area contributed by atoms with Crippen LogP contribution in [0.25, 0.3) is 0 Å². The Morgan fingerprint density at radius 3 is 2.68 bits per heavy atom. The third-order valence-corrected chi connectivity index (χ3v) is 10.6. The van der Waals surface area contributed by atoms with Crippen LogP contribution in [-0.4, -0.2) is 51.5 Å². The zero-order valence-corrected chi connectivity index (χ0v) is 17.5. The fourth-order valence-electron chi connectivity index (χ4n) is 2.07. The van der Waals surface area contributed by atoms with Gasteiger partial charge in [0.2, 0.25) is 5.91 Å². The molecule has 2 heterocycles. The lowest BCUT2D eigenvalue weighted by Crippen LogP contribution is -2.59. The van der Waals surface area contributed by atoms with Gasteiger partial charge in [-0.05, 0) is 35.5 Å². The van der Waals surface area contributed by atoms with Crippen LogP contribution in [0.1, 0.15) is 40.2 Å². The maximum atomic E-state index is 12.3. The summed E-state index contributed by atoms with van der Waals surface area (Å²) >= 11 is 1.16. The van der Waals surface area contributed by atoms with E-state index in [1.54, 1.807) is 4.68 Å². The summed E-state index contributed by atoms with van der Waals surface area (Å²) < 4.78 is 7.69. The van der Waals surface area contributed by atoms with Crippen molar-refractivity contribution < 1.29 is 14.0 Å². The molecule has 1 aliphatic rings. The van der Waals surface area contributed by atoms with Gasteiger partial charge in [0.15, 0.2) is 13.4 Å². The number of amides is 1. The van der Waals surface area contributed by atoms with Crippen LogP contribution in [-0.2, 0) is 14.0 Å². The van der Waals surface area contributed by atoms with Crippen molar-refractivity contribution in [2.24, 2.45) is 5.92 Å². The first-order chi connectivity index (χ1) is 11.5. The molecule has 1 fully saturated rings. The van der Waals surface area contributed by atoms with Crippen molar-refractivity contribution >= 4 is 31.1 Å². The van der Waals surface area contributed by atoms with Gasteiger partial charge in [-0.2, -0.15) is 0 Å². The van der Waals surface area contributed by atoms with Gasteiger partial charge in [0.1, 0.15) is 6.33 Å². The summed E-state index contributed by atoms with van der Waals surface area (Å²) in [5.41, 5.74) is 0. The Hall–Kier alpha value is -1.26. The normalized spacial score (nSPS) is 22.2. The highest BCUT2D eigenvalue weighted by atomic mass is 32.2. The van der Waals surface area contributed by atoms with E-state index < -0.39 is 8.32 Å². The molecule has 1 aliphatic heterocycles. The van der Waals surface area contributed by atoms with Gasteiger partial charge in [-0.15, -0.1) is 5.10 Å². The second-order valence-corrected chi connectivity index (χ2v) is 13.9. The van der Waals surface area contributed by atoms with Crippen LogP contribution >= 0.6 is 11.8 Å². The molecule has 3 atom stereocenters. The SMILES string of the molecule is C[C@H](CC(=O)S[C@H]1NC(=O)[C@@H]1CO[Si](C)(C)C(C)(C)C)n1cnnn1. The molecule has 1 amide bonds. The standard InChI is InChI=1S/C15H27N5O3SSi/c1-10(20-9-16-18-19-20)7-12(21)24-14-11(13(22)17-14)8-23-25(5,6)15(2,3)4/h9-11,14H,7-8H2,1-6H3,(H,17,22)/t10-,11+,14-/m1/s1. The number of nitrogens with zero attached hydrogens (tertiary/aromatic N) is 4. The van der Waals surface area contributed by atoms with Crippen LogP contribution < -0.4 is 5.32 Å². The van der Waals surface area contributed by atoms with E-state index in [2.05, 4.69) is 54.7 Å². The lowest BCUT2D eigenvalue weighted by molar-refractivity contribution is -0.133. The zero-order valence-electron chi connectivity index (χ0n) is 15.6. The third kappa shape index (κ3) is 4.89. The number of tetrazole rings is 1. The molecule has 0 aliphatic carbocycles. The van der Waals surface area contributed by atoms with Crippen molar-refractivity contribution in [2.75, 3.05) is 6.61 Å². The first-order valence-corrected chi connectivity index (χ1v) is 12.2. The summed E-state index contributed by atoms with van der Waals surface area (Å²) in [6.45, 7) is 13.1. The van der Waals surface area contributed by atoms with Crippen LogP contribution in [0.2, 0.25) is 18.1 Å². The predicted octanol–water partition coefficient (Wildman–Crippen LogP) is 1.98. The monoisotopic (exact) mass is 385 g/mol. The quantitative estimate of drug-likeness (QED) is 0.566. The van der Waals surface area contributed by atoms with Gasteiger partial charge in [0.05, 0.1) is 17.3 Å². The van der Waals surface area contributed by atoms with Crippen molar-refractivity contribution in [1.82, 2.24) is 25.5 Å². The largest absolute Gasteiger partial charge is 0.416 e. The molecule has 0 saturated carbocycles. The molecule has 0 bridgehead atoms. The molecule has 140 valence electrons. The number of carbonyl (C=O) groups excluding carboxylic acids is 2. The number of aromatic nitrogens is 4. The maximum absolute atomic E-state index is 12.3. The molecule has 1 N–H and O–H groups in total. The maximum Gasteiger partial charge on any atom is 0.229 e. The Kier molecular flexibility index (Phi) is 6.05. The average Bonchev–Trinajstić information content (AvgIpc) is 2.99. The van der Waals surface area contributed by atoms with Gasteiger partial charge < -0.3 is 9.74 Å². The summed E-state index contributed by atoms with van der Waals surface area (Å²) in [5, 5.41) is 13.6. The minimum absolute atomic E-state index is 0.00493. The highest BCUT2D eigenvalue weighted by Gasteiger charge is 2.44.